The van der Waals surface area contributed by atoms with Gasteiger partial charge in [-0.2, -0.15) is 5.10 Å². The Labute approximate surface area is 120 Å². The molecule has 0 atom stereocenters. The maximum atomic E-state index is 12.5. The van der Waals surface area contributed by atoms with E-state index in [4.69, 9.17) is 0 Å². The molecule has 21 heavy (non-hydrogen) atoms. The molecule has 0 aliphatic rings. The molecule has 4 rings (SSSR count). The average Bonchev–Trinajstić information content (AvgIpc) is 3.14. The van der Waals surface area contributed by atoms with Crippen LogP contribution in [0.1, 0.15) is 10.4 Å². The highest BCUT2D eigenvalue weighted by atomic mass is 16.1. The molecule has 0 unspecified atom stereocenters. The summed E-state index contributed by atoms with van der Waals surface area (Å²) in [5.74, 6) is -0.138. The number of nitrogens with one attached hydrogen (secondary N) is 3. The molecule has 0 saturated carbocycles. The first-order valence-electron chi connectivity index (χ1n) is 6.62. The van der Waals surface area contributed by atoms with Crippen molar-refractivity contribution >= 4 is 33.4 Å². The summed E-state index contributed by atoms with van der Waals surface area (Å²) in [7, 11) is 0. The van der Waals surface area contributed by atoms with E-state index in [0.29, 0.717) is 5.56 Å². The van der Waals surface area contributed by atoms with Crippen molar-refractivity contribution in [3.05, 3.63) is 60.4 Å². The Hall–Kier alpha value is -3.08. The summed E-state index contributed by atoms with van der Waals surface area (Å²) in [4.78, 5) is 15.6. The van der Waals surface area contributed by atoms with Crippen molar-refractivity contribution in [2.24, 2.45) is 0 Å². The summed E-state index contributed by atoms with van der Waals surface area (Å²) in [6.07, 6.45) is 3.44. The van der Waals surface area contributed by atoms with Gasteiger partial charge < -0.3 is 10.3 Å². The lowest BCUT2D eigenvalue weighted by atomic mass is 10.1. The van der Waals surface area contributed by atoms with Crippen molar-refractivity contribution in [2.45, 2.75) is 0 Å². The number of rotatable bonds is 2. The Balaban J connectivity index is 1.74. The van der Waals surface area contributed by atoms with Gasteiger partial charge in [0.1, 0.15) is 0 Å². The minimum atomic E-state index is -0.138. The molecule has 0 bridgehead atoms. The fourth-order valence-corrected chi connectivity index (χ4v) is 2.53. The normalized spacial score (nSPS) is 11.0. The van der Waals surface area contributed by atoms with E-state index < -0.39 is 0 Å². The Morgan fingerprint density at radius 1 is 1.00 bits per heavy atom. The second-order valence-corrected chi connectivity index (χ2v) is 4.84. The minimum Gasteiger partial charge on any atom is -0.360 e. The van der Waals surface area contributed by atoms with Gasteiger partial charge in [0.05, 0.1) is 23.0 Å². The molecule has 0 aliphatic heterocycles. The highest BCUT2D eigenvalue weighted by molar-refractivity contribution is 6.14. The predicted octanol–water partition coefficient (Wildman–Crippen LogP) is 3.30. The van der Waals surface area contributed by atoms with E-state index in [-0.39, 0.29) is 5.91 Å². The molecule has 5 heteroatoms. The van der Waals surface area contributed by atoms with Crippen LogP contribution in [0.25, 0.3) is 21.8 Å². The molecule has 4 aromatic rings. The second-order valence-electron chi connectivity index (χ2n) is 4.84. The quantitative estimate of drug-likeness (QED) is 0.525. The number of amides is 1. The third kappa shape index (κ3) is 1.87. The van der Waals surface area contributed by atoms with E-state index in [1.54, 1.807) is 12.4 Å². The van der Waals surface area contributed by atoms with Gasteiger partial charge in [0.15, 0.2) is 0 Å². The van der Waals surface area contributed by atoms with Crippen molar-refractivity contribution in [1.29, 1.82) is 0 Å². The predicted molar refractivity (Wildman–Crippen MR) is 82.3 cm³/mol. The largest absolute Gasteiger partial charge is 0.360 e. The highest BCUT2D eigenvalue weighted by Crippen LogP contribution is 2.23. The van der Waals surface area contributed by atoms with E-state index in [2.05, 4.69) is 20.5 Å². The van der Waals surface area contributed by atoms with Crippen molar-refractivity contribution in [3.63, 3.8) is 0 Å². The van der Waals surface area contributed by atoms with Crippen molar-refractivity contribution in [2.75, 3.05) is 5.32 Å². The van der Waals surface area contributed by atoms with Crippen LogP contribution in [0.15, 0.2) is 54.9 Å². The number of benzene rings is 2. The summed E-state index contributed by atoms with van der Waals surface area (Å²) in [6, 6.07) is 13.4. The maximum Gasteiger partial charge on any atom is 0.257 e. The fourth-order valence-electron chi connectivity index (χ4n) is 2.53. The summed E-state index contributed by atoms with van der Waals surface area (Å²) < 4.78 is 0. The van der Waals surface area contributed by atoms with Gasteiger partial charge in [-0.3, -0.25) is 9.89 Å². The molecular formula is C16H12N4O. The van der Waals surface area contributed by atoms with Crippen LogP contribution < -0.4 is 5.32 Å². The van der Waals surface area contributed by atoms with Crippen molar-refractivity contribution in [1.82, 2.24) is 15.2 Å². The Bertz CT molecular complexity index is 951. The molecular weight excluding hydrogens is 264 g/mol. The van der Waals surface area contributed by atoms with Crippen LogP contribution in [0.2, 0.25) is 0 Å². The van der Waals surface area contributed by atoms with Crippen LogP contribution in [-0.4, -0.2) is 21.1 Å². The molecule has 3 N–H and O–H groups in total. The maximum absolute atomic E-state index is 12.5. The lowest BCUT2D eigenvalue weighted by molar-refractivity contribution is 0.102. The standard InChI is InChI=1S/C16H12N4O/c21-16(11-8-17-13-5-2-1-4-10(11)13)19-14-6-3-7-15-12(14)9-18-20-15/h1-9,17H,(H,18,20)(H,19,21). The molecule has 0 saturated heterocycles. The molecule has 2 heterocycles. The number of fused-ring (bicyclic) bond motifs is 2. The van der Waals surface area contributed by atoms with Gasteiger partial charge in [0.2, 0.25) is 0 Å². The summed E-state index contributed by atoms with van der Waals surface area (Å²) >= 11 is 0. The third-order valence-corrected chi connectivity index (χ3v) is 3.57. The SMILES string of the molecule is O=C(Nc1cccc2[nH]ncc12)c1c[nH]c2ccccc12. The number of hydrogen-bond acceptors (Lipinski definition) is 2. The molecule has 5 nitrogen and oxygen atoms in total. The number of aromatic nitrogens is 3. The van der Waals surface area contributed by atoms with Gasteiger partial charge in [-0.15, -0.1) is 0 Å². The first kappa shape index (κ1) is 11.7. The lowest BCUT2D eigenvalue weighted by Crippen LogP contribution is -2.11. The van der Waals surface area contributed by atoms with Crippen LogP contribution >= 0.6 is 0 Å². The molecule has 0 spiro atoms. The zero-order valence-electron chi connectivity index (χ0n) is 11.1. The van der Waals surface area contributed by atoms with Gasteiger partial charge in [-0.25, -0.2) is 0 Å². The van der Waals surface area contributed by atoms with E-state index in [9.17, 15) is 4.79 Å². The fraction of sp³-hybridized carbons (Fsp3) is 0. The third-order valence-electron chi connectivity index (χ3n) is 3.57. The zero-order chi connectivity index (χ0) is 14.2. The van der Waals surface area contributed by atoms with Crippen LogP contribution in [0.5, 0.6) is 0 Å². The van der Waals surface area contributed by atoms with Crippen LogP contribution in [-0.2, 0) is 0 Å². The molecule has 0 fully saturated rings. The first-order chi connectivity index (χ1) is 10.3. The van der Waals surface area contributed by atoms with Gasteiger partial charge in [0.25, 0.3) is 5.91 Å². The number of aromatic amines is 2. The number of carbonyl (C=O) groups excluding carboxylic acids is 1. The number of anilines is 1. The number of H-pyrrole nitrogens is 2. The molecule has 102 valence electrons. The first-order valence-corrected chi connectivity index (χ1v) is 6.62. The van der Waals surface area contributed by atoms with Gasteiger partial charge in [-0.05, 0) is 18.2 Å². The molecule has 0 radical (unpaired) electrons. The van der Waals surface area contributed by atoms with E-state index in [1.807, 2.05) is 42.5 Å². The van der Waals surface area contributed by atoms with Gasteiger partial charge in [-0.1, -0.05) is 24.3 Å². The van der Waals surface area contributed by atoms with Gasteiger partial charge in [0, 0.05) is 22.5 Å². The topological polar surface area (TPSA) is 73.6 Å². The number of hydrogen-bond donors (Lipinski definition) is 3. The number of carbonyl (C=O) groups is 1. The van der Waals surface area contributed by atoms with E-state index in [0.717, 1.165) is 27.5 Å². The Kier molecular flexibility index (Phi) is 2.50. The summed E-state index contributed by atoms with van der Waals surface area (Å²) in [5.41, 5.74) is 3.22. The van der Waals surface area contributed by atoms with Crippen LogP contribution in [0, 0.1) is 0 Å². The van der Waals surface area contributed by atoms with Gasteiger partial charge >= 0.3 is 0 Å². The molecule has 1 amide bonds. The van der Waals surface area contributed by atoms with E-state index >= 15 is 0 Å². The molecule has 2 aromatic heterocycles. The lowest BCUT2D eigenvalue weighted by Gasteiger charge is -2.05. The Morgan fingerprint density at radius 3 is 2.81 bits per heavy atom. The number of nitrogens with zero attached hydrogens (tertiary/aromatic N) is 1. The second kappa shape index (κ2) is 4.49. The van der Waals surface area contributed by atoms with Crippen molar-refractivity contribution in [3.8, 4) is 0 Å². The summed E-state index contributed by atoms with van der Waals surface area (Å²) in [5, 5.41) is 11.6. The number of para-hydroxylation sites is 1. The zero-order valence-corrected chi connectivity index (χ0v) is 11.1. The minimum absolute atomic E-state index is 0.138. The van der Waals surface area contributed by atoms with Crippen LogP contribution in [0.4, 0.5) is 5.69 Å². The average molecular weight is 276 g/mol. The van der Waals surface area contributed by atoms with Crippen LogP contribution in [0.3, 0.4) is 0 Å². The molecule has 0 aliphatic carbocycles. The monoisotopic (exact) mass is 276 g/mol. The smallest absolute Gasteiger partial charge is 0.257 e. The van der Waals surface area contributed by atoms with Crippen molar-refractivity contribution < 1.29 is 4.79 Å². The highest BCUT2D eigenvalue weighted by Gasteiger charge is 2.13. The Morgan fingerprint density at radius 2 is 1.86 bits per heavy atom. The van der Waals surface area contributed by atoms with E-state index in [1.165, 1.54) is 0 Å². The molecule has 2 aromatic carbocycles. The summed E-state index contributed by atoms with van der Waals surface area (Å²) in [6.45, 7) is 0.